The van der Waals surface area contributed by atoms with Gasteiger partial charge in [0.25, 0.3) is 0 Å². The highest BCUT2D eigenvalue weighted by atomic mass is 16.5. The molecular formula is C20H30N2O2. The van der Waals surface area contributed by atoms with Crippen molar-refractivity contribution < 1.29 is 9.53 Å². The average Bonchev–Trinajstić information content (AvgIpc) is 3.06. The minimum Gasteiger partial charge on any atom is -0.378 e. The minimum absolute atomic E-state index is 0.208. The van der Waals surface area contributed by atoms with Crippen molar-refractivity contribution in [1.29, 1.82) is 0 Å². The zero-order chi connectivity index (χ0) is 16.6. The first-order valence-corrected chi connectivity index (χ1v) is 9.77. The molecule has 3 aliphatic carbocycles. The van der Waals surface area contributed by atoms with Crippen LogP contribution >= 0.6 is 0 Å². The minimum atomic E-state index is 0.208. The van der Waals surface area contributed by atoms with Gasteiger partial charge in [-0.15, -0.1) is 0 Å². The monoisotopic (exact) mass is 330 g/mol. The second-order valence-corrected chi connectivity index (χ2v) is 7.96. The number of rotatable bonds is 5. The molecule has 3 aliphatic rings. The van der Waals surface area contributed by atoms with Crippen molar-refractivity contribution in [3.05, 3.63) is 24.5 Å². The summed E-state index contributed by atoms with van der Waals surface area (Å²) in [5, 5.41) is 3.39. The predicted octanol–water partition coefficient (Wildman–Crippen LogP) is 3.68. The molecule has 1 heterocycles. The van der Waals surface area contributed by atoms with Gasteiger partial charge in [0.05, 0.1) is 6.10 Å². The van der Waals surface area contributed by atoms with Gasteiger partial charge in [0, 0.05) is 42.4 Å². The van der Waals surface area contributed by atoms with Crippen molar-refractivity contribution in [2.24, 2.45) is 11.3 Å². The van der Waals surface area contributed by atoms with Gasteiger partial charge in [-0.1, -0.05) is 6.42 Å². The van der Waals surface area contributed by atoms with Crippen LogP contribution in [0, 0.1) is 11.3 Å². The lowest BCUT2D eigenvalue weighted by atomic mass is 9.51. The van der Waals surface area contributed by atoms with E-state index in [0.717, 1.165) is 38.7 Å². The van der Waals surface area contributed by atoms with Crippen LogP contribution in [0.5, 0.6) is 0 Å². The first-order valence-electron chi connectivity index (χ1n) is 9.77. The van der Waals surface area contributed by atoms with E-state index in [9.17, 15) is 4.79 Å². The molecule has 1 aromatic rings. The van der Waals surface area contributed by atoms with Gasteiger partial charge < -0.3 is 14.6 Å². The largest absolute Gasteiger partial charge is 0.378 e. The van der Waals surface area contributed by atoms with Gasteiger partial charge in [-0.05, 0) is 64.0 Å². The first kappa shape index (κ1) is 16.2. The summed E-state index contributed by atoms with van der Waals surface area (Å²) in [5.41, 5.74) is 0.272. The van der Waals surface area contributed by atoms with Crippen LogP contribution in [0.15, 0.2) is 24.5 Å². The maximum atomic E-state index is 12.7. The van der Waals surface area contributed by atoms with Crippen molar-refractivity contribution in [3.8, 4) is 0 Å². The quantitative estimate of drug-likeness (QED) is 0.895. The Morgan fingerprint density at radius 3 is 2.50 bits per heavy atom. The predicted molar refractivity (Wildman–Crippen MR) is 93.7 cm³/mol. The molecule has 4 rings (SSSR count). The molecule has 0 bridgehead atoms. The van der Waals surface area contributed by atoms with E-state index in [1.807, 2.05) is 0 Å². The van der Waals surface area contributed by atoms with Gasteiger partial charge in [-0.3, -0.25) is 4.79 Å². The van der Waals surface area contributed by atoms with Crippen molar-refractivity contribution in [3.63, 3.8) is 0 Å². The summed E-state index contributed by atoms with van der Waals surface area (Å²) < 4.78 is 8.20. The summed E-state index contributed by atoms with van der Waals surface area (Å²) in [4.78, 5) is 12.7. The second-order valence-electron chi connectivity index (χ2n) is 7.96. The Morgan fingerprint density at radius 2 is 1.92 bits per heavy atom. The molecule has 3 fully saturated rings. The first-order chi connectivity index (χ1) is 11.7. The highest BCUT2D eigenvalue weighted by molar-refractivity contribution is 5.79. The van der Waals surface area contributed by atoms with E-state index < -0.39 is 0 Å². The molecule has 132 valence electrons. The Kier molecular flexibility index (Phi) is 4.42. The van der Waals surface area contributed by atoms with E-state index in [2.05, 4.69) is 41.3 Å². The normalized spacial score (nSPS) is 34.4. The van der Waals surface area contributed by atoms with Crippen molar-refractivity contribution in [2.75, 3.05) is 6.61 Å². The van der Waals surface area contributed by atoms with E-state index in [4.69, 9.17) is 4.74 Å². The van der Waals surface area contributed by atoms with Gasteiger partial charge >= 0.3 is 0 Å². The Labute approximate surface area is 144 Å². The standard InChI is InChI=1S/C20H30N2O2/c1-2-24-18-14-17(20(18)10-5-11-20)21-19(23)15-6-8-16(9-7-15)22-12-3-4-13-22/h3-4,12-13,15-18H,2,5-11,14H2,1H3,(H,21,23)/t15?,16?,17-,18-/m0/s1. The zero-order valence-electron chi connectivity index (χ0n) is 14.7. The Hall–Kier alpha value is -1.29. The molecule has 1 amide bonds. The highest BCUT2D eigenvalue weighted by Gasteiger charge is 2.59. The summed E-state index contributed by atoms with van der Waals surface area (Å²) in [5.74, 6) is 0.507. The third kappa shape index (κ3) is 2.69. The summed E-state index contributed by atoms with van der Waals surface area (Å²) in [7, 11) is 0. The maximum Gasteiger partial charge on any atom is 0.223 e. The van der Waals surface area contributed by atoms with E-state index in [0.29, 0.717) is 24.1 Å². The van der Waals surface area contributed by atoms with Crippen molar-refractivity contribution >= 4 is 5.91 Å². The van der Waals surface area contributed by atoms with Gasteiger partial charge in [-0.2, -0.15) is 0 Å². The lowest BCUT2D eigenvalue weighted by Crippen LogP contribution is -2.68. The second kappa shape index (κ2) is 6.55. The van der Waals surface area contributed by atoms with Crippen LogP contribution in [0.2, 0.25) is 0 Å². The molecule has 0 aliphatic heterocycles. The number of aromatic nitrogens is 1. The number of nitrogens with zero attached hydrogens (tertiary/aromatic N) is 1. The van der Waals surface area contributed by atoms with Crippen LogP contribution in [-0.2, 0) is 9.53 Å². The summed E-state index contributed by atoms with van der Waals surface area (Å²) in [6, 6.07) is 5.11. The number of carbonyl (C=O) groups excluding carboxylic acids is 1. The SMILES string of the molecule is CCO[C@H]1C[C@H](NC(=O)C2CCC(n3cccc3)CC2)C12CCC2. The molecule has 2 atom stereocenters. The van der Waals surface area contributed by atoms with Crippen molar-refractivity contribution in [2.45, 2.75) is 76.5 Å². The molecule has 1 aromatic heterocycles. The van der Waals surface area contributed by atoms with Crippen LogP contribution in [-0.4, -0.2) is 29.2 Å². The molecule has 4 heteroatoms. The highest BCUT2D eigenvalue weighted by Crippen LogP contribution is 2.57. The molecule has 3 saturated carbocycles. The number of nitrogens with one attached hydrogen (secondary N) is 1. The smallest absolute Gasteiger partial charge is 0.223 e. The number of ether oxygens (including phenoxy) is 1. The average molecular weight is 330 g/mol. The third-order valence-corrected chi connectivity index (χ3v) is 6.87. The molecular weight excluding hydrogens is 300 g/mol. The molecule has 0 aromatic carbocycles. The summed E-state index contributed by atoms with van der Waals surface area (Å²) >= 11 is 0. The number of amides is 1. The fourth-order valence-corrected chi connectivity index (χ4v) is 5.16. The summed E-state index contributed by atoms with van der Waals surface area (Å²) in [6.45, 7) is 2.86. The van der Waals surface area contributed by atoms with Crippen LogP contribution in [0.25, 0.3) is 0 Å². The molecule has 1 spiro atoms. The van der Waals surface area contributed by atoms with Crippen LogP contribution in [0.3, 0.4) is 0 Å². The number of hydrogen-bond acceptors (Lipinski definition) is 2. The molecule has 0 radical (unpaired) electrons. The van der Waals surface area contributed by atoms with Gasteiger partial charge in [-0.25, -0.2) is 0 Å². The maximum absolute atomic E-state index is 12.7. The van der Waals surface area contributed by atoms with Crippen LogP contribution in [0.1, 0.15) is 64.3 Å². The Morgan fingerprint density at radius 1 is 1.21 bits per heavy atom. The van der Waals surface area contributed by atoms with E-state index in [1.54, 1.807) is 0 Å². The zero-order valence-corrected chi connectivity index (χ0v) is 14.7. The molecule has 0 saturated heterocycles. The van der Waals surface area contributed by atoms with Crippen LogP contribution in [0.4, 0.5) is 0 Å². The number of hydrogen-bond donors (Lipinski definition) is 1. The third-order valence-electron chi connectivity index (χ3n) is 6.87. The summed E-state index contributed by atoms with van der Waals surface area (Å²) in [6.07, 6.45) is 13.7. The van der Waals surface area contributed by atoms with Crippen molar-refractivity contribution in [1.82, 2.24) is 9.88 Å². The van der Waals surface area contributed by atoms with Gasteiger partial charge in [0.15, 0.2) is 0 Å². The fraction of sp³-hybridized carbons (Fsp3) is 0.750. The van der Waals surface area contributed by atoms with Crippen LogP contribution < -0.4 is 5.32 Å². The fourth-order valence-electron chi connectivity index (χ4n) is 5.16. The molecule has 24 heavy (non-hydrogen) atoms. The van der Waals surface area contributed by atoms with E-state index in [-0.39, 0.29) is 11.3 Å². The lowest BCUT2D eigenvalue weighted by Gasteiger charge is -2.61. The van der Waals surface area contributed by atoms with E-state index >= 15 is 0 Å². The molecule has 0 unspecified atom stereocenters. The molecule has 4 nitrogen and oxygen atoms in total. The number of carbonyl (C=O) groups is 1. The lowest BCUT2D eigenvalue weighted by molar-refractivity contribution is -0.177. The Balaban J connectivity index is 1.28. The van der Waals surface area contributed by atoms with E-state index in [1.165, 1.54) is 19.3 Å². The molecule has 1 N–H and O–H groups in total. The topological polar surface area (TPSA) is 43.3 Å². The van der Waals surface area contributed by atoms with Gasteiger partial charge in [0.1, 0.15) is 0 Å². The van der Waals surface area contributed by atoms with Gasteiger partial charge in [0.2, 0.25) is 5.91 Å². The Bertz CT molecular complexity index is 556.